The van der Waals surface area contributed by atoms with Crippen molar-refractivity contribution in [2.75, 3.05) is 6.61 Å². The number of benzene rings is 3. The molecule has 0 saturated carbocycles. The molecule has 0 aromatic heterocycles. The summed E-state index contributed by atoms with van der Waals surface area (Å²) < 4.78 is 4.61. The first-order chi connectivity index (χ1) is 11.6. The van der Waals surface area contributed by atoms with Gasteiger partial charge in [-0.15, -0.1) is 0 Å². The highest BCUT2D eigenvalue weighted by Gasteiger charge is 2.14. The molecule has 0 aliphatic carbocycles. The Bertz CT molecular complexity index is 970. The molecule has 3 aromatic rings. The van der Waals surface area contributed by atoms with Gasteiger partial charge in [0.05, 0.1) is 6.61 Å². The Morgan fingerprint density at radius 2 is 1.58 bits per heavy atom. The van der Waals surface area contributed by atoms with Crippen molar-refractivity contribution in [1.29, 1.82) is 0 Å². The summed E-state index contributed by atoms with van der Waals surface area (Å²) in [6.45, 7) is 1.73. The molecule has 0 heterocycles. The number of carbonyl (C=O) groups is 2. The first kappa shape index (κ1) is 15.7. The van der Waals surface area contributed by atoms with Crippen molar-refractivity contribution in [3.05, 3.63) is 66.2 Å². The summed E-state index contributed by atoms with van der Waals surface area (Å²) in [4.78, 5) is 23.0. The summed E-state index contributed by atoms with van der Waals surface area (Å²) in [5.41, 5.74) is 0.468. The van der Waals surface area contributed by atoms with E-state index in [9.17, 15) is 14.7 Å². The van der Waals surface area contributed by atoms with E-state index >= 15 is 0 Å². The summed E-state index contributed by atoms with van der Waals surface area (Å²) >= 11 is 0. The lowest BCUT2D eigenvalue weighted by Gasteiger charge is -2.05. The van der Waals surface area contributed by atoms with Gasteiger partial charge in [-0.3, -0.25) is 4.79 Å². The van der Waals surface area contributed by atoms with E-state index in [1.54, 1.807) is 19.1 Å². The fourth-order valence-electron chi connectivity index (χ4n) is 2.57. The Morgan fingerprint density at radius 3 is 2.25 bits per heavy atom. The van der Waals surface area contributed by atoms with Crippen LogP contribution in [-0.2, 0) is 14.3 Å². The van der Waals surface area contributed by atoms with Crippen molar-refractivity contribution in [1.82, 2.24) is 0 Å². The van der Waals surface area contributed by atoms with Crippen LogP contribution in [0.2, 0.25) is 0 Å². The van der Waals surface area contributed by atoms with Gasteiger partial charge in [0.25, 0.3) is 5.78 Å². The second-order valence-corrected chi connectivity index (χ2v) is 5.38. The van der Waals surface area contributed by atoms with E-state index in [1.807, 2.05) is 36.4 Å². The zero-order valence-electron chi connectivity index (χ0n) is 13.2. The van der Waals surface area contributed by atoms with E-state index in [-0.39, 0.29) is 12.4 Å². The Morgan fingerprint density at radius 1 is 0.958 bits per heavy atom. The van der Waals surface area contributed by atoms with Crippen LogP contribution in [0.3, 0.4) is 0 Å². The van der Waals surface area contributed by atoms with Gasteiger partial charge in [0.1, 0.15) is 5.76 Å². The third kappa shape index (κ3) is 3.13. The summed E-state index contributed by atoms with van der Waals surface area (Å²) in [6, 6.07) is 17.5. The molecule has 3 aromatic carbocycles. The van der Waals surface area contributed by atoms with Gasteiger partial charge in [0, 0.05) is 11.6 Å². The van der Waals surface area contributed by atoms with Gasteiger partial charge in [-0.25, -0.2) is 4.79 Å². The van der Waals surface area contributed by atoms with Crippen LogP contribution in [-0.4, -0.2) is 23.5 Å². The predicted molar refractivity (Wildman–Crippen MR) is 93.7 cm³/mol. The van der Waals surface area contributed by atoms with Crippen LogP contribution in [0.1, 0.15) is 12.5 Å². The van der Waals surface area contributed by atoms with Crippen LogP contribution >= 0.6 is 0 Å². The zero-order chi connectivity index (χ0) is 17.1. The fraction of sp³-hybridized carbons (Fsp3) is 0.100. The van der Waals surface area contributed by atoms with Crippen molar-refractivity contribution < 1.29 is 19.4 Å². The van der Waals surface area contributed by atoms with Crippen molar-refractivity contribution >= 4 is 39.1 Å². The highest BCUT2D eigenvalue weighted by Crippen LogP contribution is 2.25. The normalized spacial score (nSPS) is 11.6. The molecule has 0 atom stereocenters. The van der Waals surface area contributed by atoms with Gasteiger partial charge in [0.15, 0.2) is 0 Å². The van der Waals surface area contributed by atoms with Crippen LogP contribution < -0.4 is 0 Å². The molecule has 24 heavy (non-hydrogen) atoms. The molecule has 4 heteroatoms. The van der Waals surface area contributed by atoms with Crippen LogP contribution in [0.4, 0.5) is 0 Å². The lowest BCUT2D eigenvalue weighted by molar-refractivity contribution is -0.151. The predicted octanol–water partition coefficient (Wildman–Crippen LogP) is 4.02. The number of aliphatic hydroxyl groups is 1. The summed E-state index contributed by atoms with van der Waals surface area (Å²) in [7, 11) is 0. The molecule has 0 unspecified atom stereocenters. The van der Waals surface area contributed by atoms with Crippen LogP contribution in [0.25, 0.3) is 27.3 Å². The van der Waals surface area contributed by atoms with E-state index in [0.29, 0.717) is 5.56 Å². The van der Waals surface area contributed by atoms with Gasteiger partial charge >= 0.3 is 5.97 Å². The van der Waals surface area contributed by atoms with E-state index in [4.69, 9.17) is 0 Å². The Balaban J connectivity index is 1.99. The molecule has 0 aliphatic rings. The lowest BCUT2D eigenvalue weighted by atomic mass is 10.0. The molecule has 0 aliphatic heterocycles. The van der Waals surface area contributed by atoms with E-state index in [0.717, 1.165) is 27.6 Å². The van der Waals surface area contributed by atoms with E-state index < -0.39 is 11.8 Å². The summed E-state index contributed by atoms with van der Waals surface area (Å²) in [6.07, 6.45) is 0.889. The Labute approximate surface area is 139 Å². The number of ketones is 1. The lowest BCUT2D eigenvalue weighted by Crippen LogP contribution is -2.15. The molecule has 0 fully saturated rings. The maximum Gasteiger partial charge on any atom is 0.379 e. The molecular formula is C20H16O4. The molecule has 4 nitrogen and oxygen atoms in total. The number of carbonyl (C=O) groups excluding carboxylic acids is 2. The van der Waals surface area contributed by atoms with E-state index in [2.05, 4.69) is 10.8 Å². The van der Waals surface area contributed by atoms with Crippen molar-refractivity contribution in [3.63, 3.8) is 0 Å². The minimum absolute atomic E-state index is 0.113. The first-order valence-electron chi connectivity index (χ1n) is 7.63. The fourth-order valence-corrected chi connectivity index (χ4v) is 2.57. The second kappa shape index (κ2) is 6.54. The number of aliphatic hydroxyl groups excluding tert-OH is 1. The van der Waals surface area contributed by atoms with Crippen molar-refractivity contribution in [2.24, 2.45) is 0 Å². The van der Waals surface area contributed by atoms with Crippen LogP contribution in [0.5, 0.6) is 0 Å². The molecule has 120 valence electrons. The topological polar surface area (TPSA) is 63.6 Å². The minimum atomic E-state index is -0.976. The molecule has 0 radical (unpaired) electrons. The maximum absolute atomic E-state index is 11.6. The Hall–Kier alpha value is -3.14. The minimum Gasteiger partial charge on any atom is -0.507 e. The summed E-state index contributed by atoms with van der Waals surface area (Å²) in [5.74, 6) is -2.12. The summed E-state index contributed by atoms with van der Waals surface area (Å²) in [5, 5.41) is 14.3. The number of fused-ring (bicyclic) bond motifs is 2. The molecule has 0 amide bonds. The quantitative estimate of drug-likeness (QED) is 0.259. The number of esters is 1. The standard InChI is InChI=1S/C20H16O4/c1-2-24-20(23)19(22)12-18(21)16-8-7-15-9-13-5-3-4-6-14(13)10-17(15)11-16/h3-12,21H,2H2,1H3. The van der Waals surface area contributed by atoms with E-state index in [1.165, 1.54) is 0 Å². The molecule has 0 bridgehead atoms. The van der Waals surface area contributed by atoms with Crippen molar-refractivity contribution in [3.8, 4) is 0 Å². The monoisotopic (exact) mass is 320 g/mol. The largest absolute Gasteiger partial charge is 0.507 e. The number of ether oxygens (including phenoxy) is 1. The van der Waals surface area contributed by atoms with Gasteiger partial charge in [0.2, 0.25) is 0 Å². The molecule has 1 N–H and O–H groups in total. The highest BCUT2D eigenvalue weighted by molar-refractivity contribution is 6.39. The molecule has 3 rings (SSSR count). The van der Waals surface area contributed by atoms with Gasteiger partial charge in [-0.1, -0.05) is 36.4 Å². The van der Waals surface area contributed by atoms with Crippen molar-refractivity contribution in [2.45, 2.75) is 6.92 Å². The molecular weight excluding hydrogens is 304 g/mol. The highest BCUT2D eigenvalue weighted by atomic mass is 16.5. The molecule has 0 saturated heterocycles. The zero-order valence-corrected chi connectivity index (χ0v) is 13.2. The Kier molecular flexibility index (Phi) is 4.29. The average Bonchev–Trinajstić information content (AvgIpc) is 2.59. The number of rotatable bonds is 4. The van der Waals surface area contributed by atoms with Gasteiger partial charge in [-0.2, -0.15) is 0 Å². The van der Waals surface area contributed by atoms with Gasteiger partial charge in [-0.05, 0) is 46.7 Å². The van der Waals surface area contributed by atoms with Crippen LogP contribution in [0.15, 0.2) is 60.7 Å². The average molecular weight is 320 g/mol. The van der Waals surface area contributed by atoms with Gasteiger partial charge < -0.3 is 9.84 Å². The smallest absolute Gasteiger partial charge is 0.379 e. The number of hydrogen-bond donors (Lipinski definition) is 1. The van der Waals surface area contributed by atoms with Crippen LogP contribution in [0, 0.1) is 0 Å². The third-order valence-corrected chi connectivity index (χ3v) is 3.75. The molecule has 0 spiro atoms. The third-order valence-electron chi connectivity index (χ3n) is 3.75. The first-order valence-corrected chi connectivity index (χ1v) is 7.63. The second-order valence-electron chi connectivity index (χ2n) is 5.38. The maximum atomic E-state index is 11.6. The SMILES string of the molecule is CCOC(=O)C(=O)C=C(O)c1ccc2cc3ccccc3cc2c1. The number of hydrogen-bond acceptors (Lipinski definition) is 4.